The minimum absolute atomic E-state index is 0.192. The summed E-state index contributed by atoms with van der Waals surface area (Å²) in [5.74, 6) is 1.37. The molecule has 108 valence electrons. The van der Waals surface area contributed by atoms with E-state index in [-0.39, 0.29) is 5.41 Å². The first-order chi connectivity index (χ1) is 9.13. The summed E-state index contributed by atoms with van der Waals surface area (Å²) in [5.41, 5.74) is 5.65. The number of methoxy groups -OCH3 is 1. The summed E-state index contributed by atoms with van der Waals surface area (Å²) in [5, 5.41) is 4.13. The third-order valence-corrected chi connectivity index (χ3v) is 4.78. The number of nitrogens with two attached hydrogens (primary N) is 1. The van der Waals surface area contributed by atoms with E-state index in [0.717, 1.165) is 32.1 Å². The van der Waals surface area contributed by atoms with Crippen molar-refractivity contribution in [1.29, 1.82) is 0 Å². The van der Waals surface area contributed by atoms with Gasteiger partial charge in [0, 0.05) is 13.5 Å². The predicted octanol–water partition coefficient (Wildman–Crippen LogP) is 2.40. The van der Waals surface area contributed by atoms with Crippen LogP contribution in [-0.4, -0.2) is 23.8 Å². The molecule has 0 bridgehead atoms. The zero-order chi connectivity index (χ0) is 13.9. The van der Waals surface area contributed by atoms with E-state index in [9.17, 15) is 0 Å². The Morgan fingerprint density at radius 3 is 2.47 bits per heavy atom. The average molecular weight is 267 g/mol. The molecule has 0 aliphatic heterocycles. The van der Waals surface area contributed by atoms with Gasteiger partial charge in [-0.25, -0.2) is 0 Å². The smallest absolute Gasteiger partial charge is 0.227 e. The molecular formula is C14H25N3O2. The van der Waals surface area contributed by atoms with Gasteiger partial charge in [-0.15, -0.1) is 0 Å². The van der Waals surface area contributed by atoms with Gasteiger partial charge in [0.05, 0.1) is 0 Å². The van der Waals surface area contributed by atoms with E-state index in [0.29, 0.717) is 18.3 Å². The fourth-order valence-corrected chi connectivity index (χ4v) is 2.91. The second kappa shape index (κ2) is 5.59. The first-order valence-electron chi connectivity index (χ1n) is 7.22. The van der Waals surface area contributed by atoms with Gasteiger partial charge in [0.1, 0.15) is 5.60 Å². The Bertz CT molecular complexity index is 395. The van der Waals surface area contributed by atoms with Crippen LogP contribution in [0.5, 0.6) is 0 Å². The highest BCUT2D eigenvalue weighted by molar-refractivity contribution is 5.03. The quantitative estimate of drug-likeness (QED) is 0.821. The van der Waals surface area contributed by atoms with Crippen molar-refractivity contribution in [2.24, 2.45) is 11.1 Å². The zero-order valence-corrected chi connectivity index (χ0v) is 12.2. The standard InChI is InChI=1S/C14H25N3O2/c1-4-14(5-2,18-3)12-16-11(19-17-12)9-13(10-15)7-6-8-13/h4-10,15H2,1-3H3. The van der Waals surface area contributed by atoms with Gasteiger partial charge >= 0.3 is 0 Å². The van der Waals surface area contributed by atoms with E-state index in [1.807, 2.05) is 0 Å². The SMILES string of the molecule is CCC(CC)(OC)c1noc(CC2(CN)CCC2)n1. The van der Waals surface area contributed by atoms with Crippen molar-refractivity contribution in [3.63, 3.8) is 0 Å². The van der Waals surface area contributed by atoms with Crippen molar-refractivity contribution < 1.29 is 9.26 Å². The van der Waals surface area contributed by atoms with E-state index in [4.69, 9.17) is 15.0 Å². The normalized spacial score (nSPS) is 18.3. The lowest BCUT2D eigenvalue weighted by atomic mass is 9.67. The molecule has 19 heavy (non-hydrogen) atoms. The Morgan fingerprint density at radius 1 is 1.37 bits per heavy atom. The molecule has 1 fully saturated rings. The minimum atomic E-state index is -0.419. The van der Waals surface area contributed by atoms with Gasteiger partial charge < -0.3 is 15.0 Å². The summed E-state index contributed by atoms with van der Waals surface area (Å²) in [6.45, 7) is 4.86. The molecular weight excluding hydrogens is 242 g/mol. The van der Waals surface area contributed by atoms with E-state index in [2.05, 4.69) is 24.0 Å². The molecule has 1 heterocycles. The van der Waals surface area contributed by atoms with E-state index in [1.54, 1.807) is 7.11 Å². The van der Waals surface area contributed by atoms with Crippen LogP contribution in [0.15, 0.2) is 4.52 Å². The molecule has 1 aromatic heterocycles. The van der Waals surface area contributed by atoms with Crippen molar-refractivity contribution in [3.8, 4) is 0 Å². The molecule has 0 radical (unpaired) electrons. The Morgan fingerprint density at radius 2 is 2.05 bits per heavy atom. The maximum absolute atomic E-state index is 5.87. The minimum Gasteiger partial charge on any atom is -0.370 e. The largest absolute Gasteiger partial charge is 0.370 e. The van der Waals surface area contributed by atoms with Crippen LogP contribution in [0.1, 0.15) is 57.7 Å². The lowest BCUT2D eigenvalue weighted by molar-refractivity contribution is -0.0306. The molecule has 2 N–H and O–H groups in total. The van der Waals surface area contributed by atoms with Crippen molar-refractivity contribution in [2.45, 2.75) is 58.0 Å². The molecule has 1 aliphatic carbocycles. The van der Waals surface area contributed by atoms with Crippen LogP contribution in [-0.2, 0) is 16.8 Å². The van der Waals surface area contributed by atoms with Crippen LogP contribution in [0.3, 0.4) is 0 Å². The third-order valence-electron chi connectivity index (χ3n) is 4.78. The average Bonchev–Trinajstić information content (AvgIpc) is 2.86. The fraction of sp³-hybridized carbons (Fsp3) is 0.857. The van der Waals surface area contributed by atoms with Crippen LogP contribution >= 0.6 is 0 Å². The first-order valence-corrected chi connectivity index (χ1v) is 7.22. The third kappa shape index (κ3) is 2.54. The van der Waals surface area contributed by atoms with Gasteiger partial charge in [-0.2, -0.15) is 4.98 Å². The summed E-state index contributed by atoms with van der Waals surface area (Å²) in [7, 11) is 1.70. The second-order valence-corrected chi connectivity index (χ2v) is 5.65. The van der Waals surface area contributed by atoms with Crippen LogP contribution in [0.25, 0.3) is 0 Å². The highest BCUT2D eigenvalue weighted by Gasteiger charge is 2.39. The molecule has 5 nitrogen and oxygen atoms in total. The van der Waals surface area contributed by atoms with Crippen LogP contribution in [0.2, 0.25) is 0 Å². The van der Waals surface area contributed by atoms with Gasteiger partial charge in [-0.3, -0.25) is 0 Å². The molecule has 2 rings (SSSR count). The van der Waals surface area contributed by atoms with E-state index >= 15 is 0 Å². The molecule has 0 spiro atoms. The molecule has 0 atom stereocenters. The zero-order valence-electron chi connectivity index (χ0n) is 12.2. The van der Waals surface area contributed by atoms with Gasteiger partial charge in [-0.05, 0) is 37.6 Å². The number of hydrogen-bond donors (Lipinski definition) is 1. The summed E-state index contributed by atoms with van der Waals surface area (Å²) in [6.07, 6.45) is 6.05. The molecule has 5 heteroatoms. The van der Waals surface area contributed by atoms with E-state index < -0.39 is 5.60 Å². The maximum Gasteiger partial charge on any atom is 0.227 e. The van der Waals surface area contributed by atoms with Crippen molar-refractivity contribution >= 4 is 0 Å². The topological polar surface area (TPSA) is 74.2 Å². The summed E-state index contributed by atoms with van der Waals surface area (Å²) >= 11 is 0. The van der Waals surface area contributed by atoms with Crippen LogP contribution in [0.4, 0.5) is 0 Å². The second-order valence-electron chi connectivity index (χ2n) is 5.65. The Hall–Kier alpha value is -0.940. The maximum atomic E-state index is 5.87. The van der Waals surface area contributed by atoms with Gasteiger partial charge in [0.25, 0.3) is 0 Å². The molecule has 0 saturated heterocycles. The number of ether oxygens (including phenoxy) is 1. The molecule has 0 amide bonds. The lowest BCUT2D eigenvalue weighted by Gasteiger charge is -2.39. The number of rotatable bonds is 7. The highest BCUT2D eigenvalue weighted by Crippen LogP contribution is 2.42. The molecule has 0 unspecified atom stereocenters. The van der Waals surface area contributed by atoms with E-state index in [1.165, 1.54) is 6.42 Å². The molecule has 1 aromatic rings. The molecule has 1 saturated carbocycles. The fourth-order valence-electron chi connectivity index (χ4n) is 2.91. The predicted molar refractivity (Wildman–Crippen MR) is 72.6 cm³/mol. The molecule has 1 aliphatic rings. The lowest BCUT2D eigenvalue weighted by Crippen LogP contribution is -2.39. The summed E-state index contributed by atoms with van der Waals surface area (Å²) in [6, 6.07) is 0. The van der Waals surface area contributed by atoms with Crippen LogP contribution < -0.4 is 5.73 Å². The monoisotopic (exact) mass is 267 g/mol. The number of nitrogens with zero attached hydrogens (tertiary/aromatic N) is 2. The van der Waals surface area contributed by atoms with Gasteiger partial charge in [0.2, 0.25) is 11.7 Å². The summed E-state index contributed by atoms with van der Waals surface area (Å²) < 4.78 is 11.0. The van der Waals surface area contributed by atoms with Crippen LogP contribution in [0, 0.1) is 5.41 Å². The number of aromatic nitrogens is 2. The van der Waals surface area contributed by atoms with Gasteiger partial charge in [-0.1, -0.05) is 25.4 Å². The number of hydrogen-bond acceptors (Lipinski definition) is 5. The highest BCUT2D eigenvalue weighted by atomic mass is 16.5. The van der Waals surface area contributed by atoms with Crippen molar-refractivity contribution in [1.82, 2.24) is 10.1 Å². The molecule has 0 aromatic carbocycles. The Labute approximate surface area is 114 Å². The Kier molecular flexibility index (Phi) is 4.26. The summed E-state index contributed by atoms with van der Waals surface area (Å²) in [4.78, 5) is 4.55. The van der Waals surface area contributed by atoms with Gasteiger partial charge in [0.15, 0.2) is 0 Å². The van der Waals surface area contributed by atoms with Crippen molar-refractivity contribution in [2.75, 3.05) is 13.7 Å². The Balaban J connectivity index is 2.14. The first kappa shape index (κ1) is 14.5. The van der Waals surface area contributed by atoms with Crippen molar-refractivity contribution in [3.05, 3.63) is 11.7 Å².